The predicted octanol–water partition coefficient (Wildman–Crippen LogP) is 4.84. The second kappa shape index (κ2) is 7.28. The van der Waals surface area contributed by atoms with E-state index in [0.717, 1.165) is 16.7 Å². The SMILES string of the molecule is CC(CCBr)CCN1CCC2(CCCCC2)CC1. The van der Waals surface area contributed by atoms with Gasteiger partial charge in [0.1, 0.15) is 0 Å². The van der Waals surface area contributed by atoms with Crippen LogP contribution in [0.1, 0.15) is 64.7 Å². The average molecular weight is 316 g/mol. The summed E-state index contributed by atoms with van der Waals surface area (Å²) in [5, 5.41) is 1.16. The van der Waals surface area contributed by atoms with Crippen molar-refractivity contribution >= 4 is 15.9 Å². The largest absolute Gasteiger partial charge is 0.303 e. The quantitative estimate of drug-likeness (QED) is 0.656. The molecule has 1 nitrogen and oxygen atoms in total. The maximum atomic E-state index is 3.55. The van der Waals surface area contributed by atoms with Gasteiger partial charge in [-0.3, -0.25) is 0 Å². The first-order chi connectivity index (χ1) is 8.74. The highest BCUT2D eigenvalue weighted by Crippen LogP contribution is 2.44. The Morgan fingerprint density at radius 2 is 1.67 bits per heavy atom. The molecule has 2 aliphatic rings. The van der Waals surface area contributed by atoms with Gasteiger partial charge in [-0.1, -0.05) is 42.1 Å². The summed E-state index contributed by atoms with van der Waals surface area (Å²) in [6, 6.07) is 0. The van der Waals surface area contributed by atoms with E-state index in [1.807, 2.05) is 0 Å². The number of hydrogen-bond acceptors (Lipinski definition) is 1. The summed E-state index contributed by atoms with van der Waals surface area (Å²) < 4.78 is 0. The molecule has 0 radical (unpaired) electrons. The average Bonchev–Trinajstić information content (AvgIpc) is 2.40. The van der Waals surface area contributed by atoms with E-state index < -0.39 is 0 Å². The summed E-state index contributed by atoms with van der Waals surface area (Å²) in [5.74, 6) is 0.884. The van der Waals surface area contributed by atoms with Crippen LogP contribution in [0.4, 0.5) is 0 Å². The van der Waals surface area contributed by atoms with E-state index in [1.54, 1.807) is 0 Å². The van der Waals surface area contributed by atoms with E-state index in [2.05, 4.69) is 27.8 Å². The van der Waals surface area contributed by atoms with Gasteiger partial charge >= 0.3 is 0 Å². The molecule has 2 heteroatoms. The third kappa shape index (κ3) is 4.23. The molecule has 1 atom stereocenters. The maximum absolute atomic E-state index is 3.55. The fourth-order valence-corrected chi connectivity index (χ4v) is 4.57. The van der Waals surface area contributed by atoms with Crippen molar-refractivity contribution < 1.29 is 0 Å². The van der Waals surface area contributed by atoms with Gasteiger partial charge in [0, 0.05) is 5.33 Å². The van der Waals surface area contributed by atoms with Crippen molar-refractivity contribution in [3.8, 4) is 0 Å². The van der Waals surface area contributed by atoms with Crippen molar-refractivity contribution in [3.05, 3.63) is 0 Å². The van der Waals surface area contributed by atoms with Gasteiger partial charge in [0.15, 0.2) is 0 Å². The lowest BCUT2D eigenvalue weighted by Gasteiger charge is -2.44. The molecule has 0 amide bonds. The lowest BCUT2D eigenvalue weighted by molar-refractivity contribution is 0.0653. The molecule has 106 valence electrons. The van der Waals surface area contributed by atoms with Gasteiger partial charge in [-0.15, -0.1) is 0 Å². The van der Waals surface area contributed by atoms with Gasteiger partial charge in [0.2, 0.25) is 0 Å². The van der Waals surface area contributed by atoms with Crippen LogP contribution in [-0.2, 0) is 0 Å². The van der Waals surface area contributed by atoms with E-state index in [4.69, 9.17) is 0 Å². The van der Waals surface area contributed by atoms with Crippen molar-refractivity contribution in [1.82, 2.24) is 4.90 Å². The Balaban J connectivity index is 1.66. The second-order valence-corrected chi connectivity index (χ2v) is 7.57. The van der Waals surface area contributed by atoms with Crippen LogP contribution in [0.5, 0.6) is 0 Å². The summed E-state index contributed by atoms with van der Waals surface area (Å²) in [7, 11) is 0. The molecule has 1 spiro atoms. The van der Waals surface area contributed by atoms with Crippen molar-refractivity contribution in [1.29, 1.82) is 0 Å². The lowest BCUT2D eigenvalue weighted by Crippen LogP contribution is -2.41. The van der Waals surface area contributed by atoms with Crippen LogP contribution in [0.15, 0.2) is 0 Å². The zero-order chi connectivity index (χ0) is 12.8. The Morgan fingerprint density at radius 1 is 1.00 bits per heavy atom. The molecule has 0 bridgehead atoms. The molecule has 0 aromatic rings. The van der Waals surface area contributed by atoms with Crippen LogP contribution >= 0.6 is 15.9 Å². The summed E-state index contributed by atoms with van der Waals surface area (Å²) in [4.78, 5) is 2.73. The summed E-state index contributed by atoms with van der Waals surface area (Å²) >= 11 is 3.55. The number of likely N-dealkylation sites (tertiary alicyclic amines) is 1. The molecule has 1 saturated heterocycles. The zero-order valence-electron chi connectivity index (χ0n) is 12.1. The molecule has 1 saturated carbocycles. The van der Waals surface area contributed by atoms with Gasteiger partial charge in [-0.25, -0.2) is 0 Å². The highest BCUT2D eigenvalue weighted by atomic mass is 79.9. The molecular formula is C16H30BrN. The van der Waals surface area contributed by atoms with Gasteiger partial charge in [-0.05, 0) is 69.5 Å². The number of rotatable bonds is 5. The number of hydrogen-bond donors (Lipinski definition) is 0. The first kappa shape index (κ1) is 14.8. The molecular weight excluding hydrogens is 286 g/mol. The Hall–Kier alpha value is 0.440. The van der Waals surface area contributed by atoms with Gasteiger partial charge in [-0.2, -0.15) is 0 Å². The monoisotopic (exact) mass is 315 g/mol. The minimum Gasteiger partial charge on any atom is -0.303 e. The number of halogens is 1. The molecule has 0 aromatic heterocycles. The van der Waals surface area contributed by atoms with Crippen LogP contribution in [0.25, 0.3) is 0 Å². The summed E-state index contributed by atoms with van der Waals surface area (Å²) in [6.07, 6.45) is 13.2. The smallest absolute Gasteiger partial charge is 0.00338 e. The van der Waals surface area contributed by atoms with Crippen molar-refractivity contribution in [2.24, 2.45) is 11.3 Å². The molecule has 1 unspecified atom stereocenters. The van der Waals surface area contributed by atoms with E-state index >= 15 is 0 Å². The molecule has 0 N–H and O–H groups in total. The summed E-state index contributed by atoms with van der Waals surface area (Å²) in [6.45, 7) is 6.49. The first-order valence-electron chi connectivity index (χ1n) is 8.02. The number of alkyl halides is 1. The van der Waals surface area contributed by atoms with E-state index in [1.165, 1.54) is 77.4 Å². The Kier molecular flexibility index (Phi) is 6.00. The van der Waals surface area contributed by atoms with Crippen molar-refractivity contribution in [2.75, 3.05) is 25.0 Å². The second-order valence-electron chi connectivity index (χ2n) is 6.77. The van der Waals surface area contributed by atoms with Crippen LogP contribution < -0.4 is 0 Å². The first-order valence-corrected chi connectivity index (χ1v) is 9.15. The molecule has 1 aliphatic carbocycles. The predicted molar refractivity (Wildman–Crippen MR) is 83.4 cm³/mol. The standard InChI is InChI=1S/C16H30BrN/c1-15(5-11-17)6-12-18-13-9-16(10-14-18)7-3-2-4-8-16/h15H,2-14H2,1H3. The fraction of sp³-hybridized carbons (Fsp3) is 1.00. The van der Waals surface area contributed by atoms with Crippen LogP contribution in [0.2, 0.25) is 0 Å². The molecule has 2 rings (SSSR count). The van der Waals surface area contributed by atoms with Gasteiger partial charge in [0.05, 0.1) is 0 Å². The third-order valence-corrected chi connectivity index (χ3v) is 5.83. The van der Waals surface area contributed by atoms with Gasteiger partial charge < -0.3 is 4.90 Å². The maximum Gasteiger partial charge on any atom is 0.00338 e. The number of nitrogens with zero attached hydrogens (tertiary/aromatic N) is 1. The molecule has 1 aliphatic heterocycles. The van der Waals surface area contributed by atoms with Crippen molar-refractivity contribution in [2.45, 2.75) is 64.7 Å². The highest BCUT2D eigenvalue weighted by molar-refractivity contribution is 9.09. The molecule has 1 heterocycles. The van der Waals surface area contributed by atoms with E-state index in [0.29, 0.717) is 0 Å². The molecule has 18 heavy (non-hydrogen) atoms. The van der Waals surface area contributed by atoms with E-state index in [-0.39, 0.29) is 0 Å². The Morgan fingerprint density at radius 3 is 2.28 bits per heavy atom. The van der Waals surface area contributed by atoms with Crippen LogP contribution in [0.3, 0.4) is 0 Å². The lowest BCUT2D eigenvalue weighted by atomic mass is 9.68. The highest BCUT2D eigenvalue weighted by Gasteiger charge is 2.35. The Bertz CT molecular complexity index is 225. The normalized spacial score (nSPS) is 26.3. The molecule has 0 aromatic carbocycles. The molecule has 2 fully saturated rings. The van der Waals surface area contributed by atoms with E-state index in [9.17, 15) is 0 Å². The minimum atomic E-state index is 0.774. The third-order valence-electron chi connectivity index (χ3n) is 5.37. The minimum absolute atomic E-state index is 0.774. The fourth-order valence-electron chi connectivity index (χ4n) is 3.79. The zero-order valence-corrected chi connectivity index (χ0v) is 13.7. The van der Waals surface area contributed by atoms with Crippen molar-refractivity contribution in [3.63, 3.8) is 0 Å². The topological polar surface area (TPSA) is 3.24 Å². The Labute approximate surface area is 122 Å². The van der Waals surface area contributed by atoms with Crippen LogP contribution in [0, 0.1) is 11.3 Å². The summed E-state index contributed by atoms with van der Waals surface area (Å²) in [5.41, 5.74) is 0.774. The van der Waals surface area contributed by atoms with Gasteiger partial charge in [0.25, 0.3) is 0 Å². The van der Waals surface area contributed by atoms with Crippen LogP contribution in [-0.4, -0.2) is 29.9 Å². The number of piperidine rings is 1.